The number of aromatic nitrogens is 5. The van der Waals surface area contributed by atoms with Gasteiger partial charge in [0.05, 0.1) is 27.8 Å². The lowest BCUT2D eigenvalue weighted by Gasteiger charge is -2.13. The molecule has 0 aliphatic heterocycles. The van der Waals surface area contributed by atoms with E-state index in [1.807, 2.05) is 48.7 Å². The Morgan fingerprint density at radius 1 is 1.08 bits per heavy atom. The molecule has 3 aromatic heterocycles. The van der Waals surface area contributed by atoms with Crippen molar-refractivity contribution in [1.82, 2.24) is 24.5 Å². The maximum Gasteiger partial charge on any atom is 0.225 e. The molecule has 0 aliphatic rings. The largest absolute Gasteiger partial charge is 0.347 e. The summed E-state index contributed by atoms with van der Waals surface area (Å²) in [4.78, 5) is 19.1. The molecular weight excluding hydrogens is 332 g/mol. The van der Waals surface area contributed by atoms with Crippen molar-refractivity contribution in [3.63, 3.8) is 0 Å². The Labute approximate surface area is 149 Å². The normalized spacial score (nSPS) is 12.4. The number of fused-ring (bicyclic) bond motifs is 1. The molecule has 1 atom stereocenters. The maximum absolute atomic E-state index is 4.65. The molecule has 3 heterocycles. The van der Waals surface area contributed by atoms with Gasteiger partial charge in [0, 0.05) is 11.1 Å². The molecule has 1 aromatic carbocycles. The molecule has 0 aliphatic carbocycles. The number of benzene rings is 1. The zero-order valence-electron chi connectivity index (χ0n) is 14.3. The van der Waals surface area contributed by atoms with Crippen molar-refractivity contribution >= 4 is 28.3 Å². The summed E-state index contributed by atoms with van der Waals surface area (Å²) in [5.74, 6) is 1.38. The van der Waals surface area contributed by atoms with E-state index in [0.29, 0.717) is 5.95 Å². The minimum absolute atomic E-state index is 0.0981. The van der Waals surface area contributed by atoms with Gasteiger partial charge in [0.2, 0.25) is 5.95 Å². The van der Waals surface area contributed by atoms with Crippen LogP contribution in [0.4, 0.5) is 5.95 Å². The summed E-state index contributed by atoms with van der Waals surface area (Å²) in [6.07, 6.45) is 3.55. The average Bonchev–Trinajstić information content (AvgIpc) is 3.18. The zero-order chi connectivity index (χ0) is 17.4. The number of thiazole rings is 1. The van der Waals surface area contributed by atoms with E-state index in [9.17, 15) is 0 Å². The van der Waals surface area contributed by atoms with Gasteiger partial charge < -0.3 is 5.32 Å². The van der Waals surface area contributed by atoms with Gasteiger partial charge >= 0.3 is 0 Å². The highest BCUT2D eigenvalue weighted by atomic mass is 32.1. The van der Waals surface area contributed by atoms with Crippen LogP contribution in [0, 0.1) is 13.8 Å². The van der Waals surface area contributed by atoms with Crippen LogP contribution in [0.25, 0.3) is 16.9 Å². The van der Waals surface area contributed by atoms with Gasteiger partial charge in [-0.05, 0) is 39.0 Å². The first-order valence-corrected chi connectivity index (χ1v) is 8.89. The lowest BCUT2D eigenvalue weighted by atomic mass is 10.2. The van der Waals surface area contributed by atoms with Gasteiger partial charge in [-0.1, -0.05) is 12.1 Å². The van der Waals surface area contributed by atoms with Crippen LogP contribution in [-0.4, -0.2) is 24.5 Å². The molecule has 7 heteroatoms. The van der Waals surface area contributed by atoms with Gasteiger partial charge in [-0.3, -0.25) is 4.57 Å². The second kappa shape index (κ2) is 6.25. The lowest BCUT2D eigenvalue weighted by molar-refractivity contribution is 0.859. The Morgan fingerprint density at radius 2 is 1.92 bits per heavy atom. The minimum atomic E-state index is 0.0981. The third-order valence-electron chi connectivity index (χ3n) is 4.02. The summed E-state index contributed by atoms with van der Waals surface area (Å²) in [5.41, 5.74) is 3.02. The first-order valence-electron chi connectivity index (χ1n) is 8.08. The average molecular weight is 350 g/mol. The Morgan fingerprint density at radius 3 is 2.72 bits per heavy atom. The molecule has 4 aromatic rings. The second-order valence-electron chi connectivity index (χ2n) is 5.89. The van der Waals surface area contributed by atoms with Gasteiger partial charge in [0.15, 0.2) is 0 Å². The Hall–Kier alpha value is -2.80. The highest BCUT2D eigenvalue weighted by Gasteiger charge is 2.14. The van der Waals surface area contributed by atoms with E-state index in [1.54, 1.807) is 23.9 Å². The highest BCUT2D eigenvalue weighted by Crippen LogP contribution is 2.26. The molecule has 126 valence electrons. The smallest absolute Gasteiger partial charge is 0.225 e. The van der Waals surface area contributed by atoms with Crippen LogP contribution in [-0.2, 0) is 0 Å². The van der Waals surface area contributed by atoms with E-state index < -0.39 is 0 Å². The highest BCUT2D eigenvalue weighted by molar-refractivity contribution is 7.11. The standard InChI is InChI=1S/C18H18N6S/c1-11-17(25-13(3)21-11)12(2)22-18-19-9-8-16(23-18)24-10-20-14-6-4-5-7-15(14)24/h4-10,12H,1-3H3,(H,19,22,23). The number of rotatable bonds is 4. The van der Waals surface area contributed by atoms with Crippen molar-refractivity contribution in [1.29, 1.82) is 0 Å². The number of nitrogens with one attached hydrogen (secondary N) is 1. The number of hydrogen-bond donors (Lipinski definition) is 1. The van der Waals surface area contributed by atoms with Gasteiger partial charge in [-0.15, -0.1) is 11.3 Å². The first-order chi connectivity index (χ1) is 12.1. The third kappa shape index (κ3) is 2.98. The number of anilines is 1. The predicted molar refractivity (Wildman–Crippen MR) is 100 cm³/mol. The number of hydrogen-bond acceptors (Lipinski definition) is 6. The summed E-state index contributed by atoms with van der Waals surface area (Å²) in [5, 5.41) is 4.45. The van der Waals surface area contributed by atoms with Crippen molar-refractivity contribution in [2.75, 3.05) is 5.32 Å². The summed E-state index contributed by atoms with van der Waals surface area (Å²) in [6, 6.07) is 9.98. The van der Waals surface area contributed by atoms with Crippen molar-refractivity contribution < 1.29 is 0 Å². The summed E-state index contributed by atoms with van der Waals surface area (Å²) in [7, 11) is 0. The quantitative estimate of drug-likeness (QED) is 0.601. The summed E-state index contributed by atoms with van der Waals surface area (Å²) < 4.78 is 1.97. The van der Waals surface area contributed by atoms with Crippen molar-refractivity contribution in [3.05, 3.63) is 58.4 Å². The van der Waals surface area contributed by atoms with Crippen molar-refractivity contribution in [2.45, 2.75) is 26.8 Å². The molecule has 25 heavy (non-hydrogen) atoms. The number of para-hydroxylation sites is 2. The number of imidazole rings is 1. The molecule has 4 rings (SSSR count). The molecule has 0 saturated carbocycles. The van der Waals surface area contributed by atoms with Crippen LogP contribution in [0.15, 0.2) is 42.9 Å². The van der Waals surface area contributed by atoms with E-state index in [0.717, 1.165) is 27.6 Å². The van der Waals surface area contributed by atoms with E-state index in [1.165, 1.54) is 4.88 Å². The molecule has 1 unspecified atom stereocenters. The fourth-order valence-electron chi connectivity index (χ4n) is 2.90. The minimum Gasteiger partial charge on any atom is -0.347 e. The van der Waals surface area contributed by atoms with Gasteiger partial charge in [0.1, 0.15) is 12.1 Å². The Kier molecular flexibility index (Phi) is 3.93. The van der Waals surface area contributed by atoms with Crippen LogP contribution in [0.5, 0.6) is 0 Å². The molecule has 0 saturated heterocycles. The van der Waals surface area contributed by atoms with Gasteiger partial charge in [-0.2, -0.15) is 4.98 Å². The van der Waals surface area contributed by atoms with Crippen molar-refractivity contribution in [3.8, 4) is 5.82 Å². The molecule has 0 spiro atoms. The molecular formula is C18H18N6S. The fourth-order valence-corrected chi connectivity index (χ4v) is 3.83. The van der Waals surface area contributed by atoms with E-state index >= 15 is 0 Å². The molecule has 0 radical (unpaired) electrons. The van der Waals surface area contributed by atoms with Crippen molar-refractivity contribution in [2.24, 2.45) is 0 Å². The van der Waals surface area contributed by atoms with Gasteiger partial charge in [-0.25, -0.2) is 15.0 Å². The van der Waals surface area contributed by atoms with Gasteiger partial charge in [0.25, 0.3) is 0 Å². The Bertz CT molecular complexity index is 1030. The van der Waals surface area contributed by atoms with E-state index in [2.05, 4.69) is 32.2 Å². The monoisotopic (exact) mass is 350 g/mol. The molecule has 0 bridgehead atoms. The molecule has 0 amide bonds. The van der Waals surface area contributed by atoms with Crippen LogP contribution in [0.1, 0.15) is 28.5 Å². The second-order valence-corrected chi connectivity index (χ2v) is 7.13. The van der Waals surface area contributed by atoms with Crippen LogP contribution < -0.4 is 5.32 Å². The Balaban J connectivity index is 1.64. The number of nitrogens with zero attached hydrogens (tertiary/aromatic N) is 5. The zero-order valence-corrected chi connectivity index (χ0v) is 15.1. The topological polar surface area (TPSA) is 68.5 Å². The van der Waals surface area contributed by atoms with Crippen LogP contribution >= 0.6 is 11.3 Å². The third-order valence-corrected chi connectivity index (χ3v) is 5.28. The molecule has 0 fully saturated rings. The molecule has 6 nitrogen and oxygen atoms in total. The summed E-state index contributed by atoms with van der Waals surface area (Å²) in [6.45, 7) is 6.16. The maximum atomic E-state index is 4.65. The first kappa shape index (κ1) is 15.7. The SMILES string of the molecule is Cc1nc(C)c(C(C)Nc2nccc(-n3cnc4ccccc43)n2)s1. The lowest BCUT2D eigenvalue weighted by Crippen LogP contribution is -2.10. The predicted octanol–water partition coefficient (Wildman–Crippen LogP) is 4.06. The fraction of sp³-hybridized carbons (Fsp3) is 0.222. The van der Waals surface area contributed by atoms with E-state index in [-0.39, 0.29) is 6.04 Å². The molecule has 1 N–H and O–H groups in total. The number of aryl methyl sites for hydroxylation is 2. The van der Waals surface area contributed by atoms with Crippen LogP contribution in [0.2, 0.25) is 0 Å². The summed E-state index contributed by atoms with van der Waals surface area (Å²) >= 11 is 1.70. The van der Waals surface area contributed by atoms with Crippen LogP contribution in [0.3, 0.4) is 0 Å². The van der Waals surface area contributed by atoms with E-state index in [4.69, 9.17) is 0 Å².